The minimum absolute atomic E-state index is 0. The van der Waals surface area contributed by atoms with Crippen LogP contribution in [0.15, 0.2) is 146 Å². The minimum atomic E-state index is -1.01. The molecule has 0 aliphatic carbocycles. The van der Waals surface area contributed by atoms with Crippen molar-refractivity contribution >= 4 is 83.0 Å². The fraction of sp³-hybridized carbons (Fsp3) is 0.333. The number of carbonyl (C=O) groups is 4. The van der Waals surface area contributed by atoms with E-state index in [1.54, 1.807) is 58.3 Å². The molecular formula is C60H68Cl4F2N6O6. The molecular weight excluding hydrogens is 1080 g/mol. The highest BCUT2D eigenvalue weighted by molar-refractivity contribution is 6.30. The maximum absolute atomic E-state index is 14.1. The third-order valence-electron chi connectivity index (χ3n) is 13.6. The van der Waals surface area contributed by atoms with Crippen LogP contribution in [0.2, 0.25) is 0 Å². The van der Waals surface area contributed by atoms with Gasteiger partial charge in [0.05, 0.1) is 0 Å². The number of nitrogens with zero attached hydrogens (tertiary/aromatic N) is 4. The minimum Gasteiger partial charge on any atom is -0.457 e. The highest BCUT2D eigenvalue weighted by Gasteiger charge is 2.40. The molecule has 2 N–H and O–H groups in total. The van der Waals surface area contributed by atoms with Gasteiger partial charge in [0.2, 0.25) is 11.8 Å². The molecule has 12 nitrogen and oxygen atoms in total. The second-order valence-electron chi connectivity index (χ2n) is 19.6. The van der Waals surface area contributed by atoms with Gasteiger partial charge < -0.3 is 29.9 Å². The summed E-state index contributed by atoms with van der Waals surface area (Å²) in [6.07, 6.45) is 0. The average Bonchev–Trinajstić information content (AvgIpc) is 3.48. The average molecular weight is 1150 g/mol. The first-order valence-corrected chi connectivity index (χ1v) is 26.6. The molecule has 0 spiro atoms. The van der Waals surface area contributed by atoms with Crippen LogP contribution < -0.4 is 29.9 Å². The van der Waals surface area contributed by atoms with Gasteiger partial charge in [0.1, 0.15) is 58.5 Å². The number of para-hydroxylation sites is 2. The van der Waals surface area contributed by atoms with Crippen molar-refractivity contribution in [2.45, 2.75) is 65.7 Å². The van der Waals surface area contributed by atoms with Gasteiger partial charge in [-0.15, -0.1) is 48.0 Å². The van der Waals surface area contributed by atoms with Crippen molar-refractivity contribution in [2.24, 2.45) is 11.8 Å². The molecule has 2 fully saturated rings. The summed E-state index contributed by atoms with van der Waals surface area (Å²) in [5, 5.41) is 6.92. The van der Waals surface area contributed by atoms with Gasteiger partial charge in [-0.2, -0.15) is 0 Å². The Balaban J connectivity index is 0.000000280. The van der Waals surface area contributed by atoms with Crippen LogP contribution in [0, 0.1) is 37.3 Å². The number of aryl methyl sites for hydroxylation is 2. The molecule has 0 saturated carbocycles. The standard InChI is InChI=1S/2C30H33ClFN3O3.2ClH/c2*1-20(2)26-19-34(16-15-33-26)30(37)29(22-9-11-23(32)12-10-22)35(28(36)18-31)27-14-13-25(17-21(27)3)38-24-7-5-4-6-8-24;;/h2*4-14,17,20,26,29,33H,15-16,18-19H2,1-3H3;2*1H/t26-,29+;26-,29-;;/m11../s1. The zero-order valence-corrected chi connectivity index (χ0v) is 47.7. The number of rotatable bonds is 16. The number of hydrogen-bond donors (Lipinski definition) is 2. The van der Waals surface area contributed by atoms with E-state index in [-0.39, 0.29) is 60.5 Å². The Hall–Kier alpha value is -6.26. The molecule has 2 aliphatic rings. The summed E-state index contributed by atoms with van der Waals surface area (Å²) in [6, 6.07) is 39.1. The molecule has 2 saturated heterocycles. The topological polar surface area (TPSA) is 124 Å². The number of alkyl halides is 2. The number of ether oxygens (including phenoxy) is 2. The predicted molar refractivity (Wildman–Crippen MR) is 311 cm³/mol. The van der Waals surface area contributed by atoms with Gasteiger partial charge in [0, 0.05) is 62.7 Å². The van der Waals surface area contributed by atoms with E-state index >= 15 is 0 Å². The third-order valence-corrected chi connectivity index (χ3v) is 14.0. The van der Waals surface area contributed by atoms with Crippen LogP contribution >= 0.6 is 48.0 Å². The zero-order valence-electron chi connectivity index (χ0n) is 44.5. The van der Waals surface area contributed by atoms with E-state index in [0.29, 0.717) is 96.6 Å². The van der Waals surface area contributed by atoms with E-state index in [1.807, 2.05) is 86.6 Å². The SMILES string of the molecule is Cc1cc(Oc2ccccc2)ccc1N(C(=O)CCl)[C@@H](C(=O)N1CCN[C@@H](C(C)C)C1)c1ccc(F)cc1.Cc1cc(Oc2ccccc2)ccc1N(C(=O)CCl)[C@H](C(=O)N1CCN[C@@H](C(C)C)C1)c1ccc(F)cc1.Cl.Cl. The Morgan fingerprint density at radius 2 is 0.885 bits per heavy atom. The molecule has 0 radical (unpaired) electrons. The second-order valence-corrected chi connectivity index (χ2v) is 20.1. The second kappa shape index (κ2) is 29.6. The zero-order chi connectivity index (χ0) is 54.5. The first-order chi connectivity index (χ1) is 36.6. The number of benzene rings is 6. The summed E-state index contributed by atoms with van der Waals surface area (Å²) in [4.78, 5) is 61.5. The monoisotopic (exact) mass is 1150 g/mol. The summed E-state index contributed by atoms with van der Waals surface area (Å²) < 4.78 is 39.7. The van der Waals surface area contributed by atoms with Crippen LogP contribution in [0.25, 0.3) is 0 Å². The molecule has 0 unspecified atom stereocenters. The molecule has 0 aromatic heterocycles. The quantitative estimate of drug-likeness (QED) is 0.0919. The summed E-state index contributed by atoms with van der Waals surface area (Å²) >= 11 is 12.2. The van der Waals surface area contributed by atoms with E-state index in [1.165, 1.54) is 34.1 Å². The molecule has 4 atom stereocenters. The van der Waals surface area contributed by atoms with Crippen molar-refractivity contribution in [3.8, 4) is 23.0 Å². The Bertz CT molecular complexity index is 2710. The van der Waals surface area contributed by atoms with E-state index in [0.717, 1.165) is 11.1 Å². The molecule has 8 rings (SSSR count). The van der Waals surface area contributed by atoms with Gasteiger partial charge in [0.25, 0.3) is 11.8 Å². The number of anilines is 2. The Morgan fingerprint density at radius 3 is 1.19 bits per heavy atom. The van der Waals surface area contributed by atoms with Gasteiger partial charge >= 0.3 is 0 Å². The number of hydrogen-bond acceptors (Lipinski definition) is 8. The normalized spacial score (nSPS) is 15.8. The maximum atomic E-state index is 14.1. The maximum Gasteiger partial charge on any atom is 0.250 e. The van der Waals surface area contributed by atoms with Crippen molar-refractivity contribution in [2.75, 3.05) is 60.8 Å². The van der Waals surface area contributed by atoms with Crippen LogP contribution in [0.5, 0.6) is 23.0 Å². The van der Waals surface area contributed by atoms with Crippen molar-refractivity contribution in [3.63, 3.8) is 0 Å². The Labute approximate surface area is 479 Å². The van der Waals surface area contributed by atoms with Gasteiger partial charge in [-0.3, -0.25) is 29.0 Å². The fourth-order valence-corrected chi connectivity index (χ4v) is 9.68. The molecule has 416 valence electrons. The summed E-state index contributed by atoms with van der Waals surface area (Å²) in [7, 11) is 0. The van der Waals surface area contributed by atoms with E-state index in [9.17, 15) is 28.0 Å². The Morgan fingerprint density at radius 1 is 0.538 bits per heavy atom. The van der Waals surface area contributed by atoms with Crippen LogP contribution in [0.4, 0.5) is 20.2 Å². The smallest absolute Gasteiger partial charge is 0.250 e. The Kier molecular flexibility index (Phi) is 23.8. The lowest BCUT2D eigenvalue weighted by molar-refractivity contribution is -0.136. The lowest BCUT2D eigenvalue weighted by Gasteiger charge is -2.40. The number of carbonyl (C=O) groups excluding carboxylic acids is 4. The van der Waals surface area contributed by atoms with E-state index in [2.05, 4.69) is 38.3 Å². The van der Waals surface area contributed by atoms with Crippen LogP contribution in [-0.4, -0.2) is 96.5 Å². The highest BCUT2D eigenvalue weighted by Crippen LogP contribution is 2.37. The summed E-state index contributed by atoms with van der Waals surface area (Å²) in [5.41, 5.74) is 3.56. The lowest BCUT2D eigenvalue weighted by atomic mass is 9.98. The van der Waals surface area contributed by atoms with Crippen molar-refractivity contribution in [1.82, 2.24) is 20.4 Å². The van der Waals surface area contributed by atoms with Gasteiger partial charge in [-0.25, -0.2) is 8.78 Å². The molecule has 78 heavy (non-hydrogen) atoms. The molecule has 6 aromatic carbocycles. The number of amides is 4. The van der Waals surface area contributed by atoms with Gasteiger partial charge in [0.15, 0.2) is 0 Å². The number of piperazine rings is 2. The number of halogens is 6. The summed E-state index contributed by atoms with van der Waals surface area (Å²) in [6.45, 7) is 15.5. The van der Waals surface area contributed by atoms with Gasteiger partial charge in [-0.05, 0) is 133 Å². The first kappa shape index (κ1) is 62.6. The molecule has 6 aromatic rings. The van der Waals surface area contributed by atoms with Crippen molar-refractivity contribution in [3.05, 3.63) is 179 Å². The molecule has 2 aliphatic heterocycles. The molecule has 0 bridgehead atoms. The lowest BCUT2D eigenvalue weighted by Crippen LogP contribution is -2.57. The largest absolute Gasteiger partial charge is 0.457 e. The first-order valence-electron chi connectivity index (χ1n) is 25.5. The molecule has 2 heterocycles. The third kappa shape index (κ3) is 15.9. The van der Waals surface area contributed by atoms with E-state index in [4.69, 9.17) is 32.7 Å². The van der Waals surface area contributed by atoms with Crippen molar-refractivity contribution < 1.29 is 37.4 Å². The van der Waals surface area contributed by atoms with Crippen LogP contribution in [0.3, 0.4) is 0 Å². The van der Waals surface area contributed by atoms with Gasteiger partial charge in [-0.1, -0.05) is 88.4 Å². The van der Waals surface area contributed by atoms with E-state index < -0.39 is 35.5 Å². The number of nitrogens with one attached hydrogen (secondary N) is 2. The molecule has 4 amide bonds. The summed E-state index contributed by atoms with van der Waals surface area (Å²) in [5.74, 6) is 0.441. The fourth-order valence-electron chi connectivity index (χ4n) is 9.43. The predicted octanol–water partition coefficient (Wildman–Crippen LogP) is 12.2. The van der Waals surface area contributed by atoms with Crippen LogP contribution in [0.1, 0.15) is 62.0 Å². The molecule has 18 heteroatoms. The highest BCUT2D eigenvalue weighted by atomic mass is 35.5. The van der Waals surface area contributed by atoms with Crippen LogP contribution in [-0.2, 0) is 19.2 Å². The van der Waals surface area contributed by atoms with Crippen molar-refractivity contribution in [1.29, 1.82) is 0 Å².